The molecule has 2 rings (SSSR count). The smallest absolute Gasteiger partial charge is 0.337 e. The summed E-state index contributed by atoms with van der Waals surface area (Å²) in [5, 5.41) is 9.83. The molecular formula is C14H14ClNO2. The minimum Gasteiger partial charge on any atom is -0.478 e. The summed E-state index contributed by atoms with van der Waals surface area (Å²) in [6.07, 6.45) is 0. The summed E-state index contributed by atoms with van der Waals surface area (Å²) in [6, 6.07) is 9.12. The first kappa shape index (κ1) is 12.7. The summed E-state index contributed by atoms with van der Waals surface area (Å²) in [6.45, 7) is 4.56. The summed E-state index contributed by atoms with van der Waals surface area (Å²) in [4.78, 5) is 11.2. The molecule has 0 aliphatic heterocycles. The van der Waals surface area contributed by atoms with Crippen LogP contribution in [-0.2, 0) is 6.54 Å². The van der Waals surface area contributed by atoms with E-state index in [9.17, 15) is 4.79 Å². The number of hydrogen-bond acceptors (Lipinski definition) is 1. The van der Waals surface area contributed by atoms with Crippen molar-refractivity contribution in [2.75, 3.05) is 0 Å². The van der Waals surface area contributed by atoms with Crippen LogP contribution in [0.4, 0.5) is 0 Å². The average molecular weight is 264 g/mol. The lowest BCUT2D eigenvalue weighted by Gasteiger charge is -2.08. The zero-order valence-electron chi connectivity index (χ0n) is 10.3. The SMILES string of the molecule is CCn1c(-c2ccc(Cl)cc2)cc(C(=O)O)c1C. The predicted molar refractivity (Wildman–Crippen MR) is 72.2 cm³/mol. The van der Waals surface area contributed by atoms with Crippen molar-refractivity contribution in [2.45, 2.75) is 20.4 Å². The highest BCUT2D eigenvalue weighted by Gasteiger charge is 2.16. The second kappa shape index (κ2) is 4.86. The third kappa shape index (κ3) is 2.14. The Morgan fingerprint density at radius 3 is 2.44 bits per heavy atom. The number of rotatable bonds is 3. The van der Waals surface area contributed by atoms with Crippen LogP contribution in [0.5, 0.6) is 0 Å². The third-order valence-electron chi connectivity index (χ3n) is 3.05. The molecule has 0 aliphatic rings. The minimum atomic E-state index is -0.894. The van der Waals surface area contributed by atoms with E-state index in [1.165, 1.54) is 0 Å². The number of halogens is 1. The average Bonchev–Trinajstić information content (AvgIpc) is 2.67. The Bertz CT molecular complexity index is 585. The van der Waals surface area contributed by atoms with Crippen molar-refractivity contribution >= 4 is 17.6 Å². The molecule has 0 radical (unpaired) electrons. The molecule has 1 aromatic carbocycles. The number of carboxylic acids is 1. The maximum atomic E-state index is 11.2. The number of aromatic carboxylic acids is 1. The van der Waals surface area contributed by atoms with E-state index in [1.807, 2.05) is 30.5 Å². The minimum absolute atomic E-state index is 0.349. The molecule has 0 spiro atoms. The lowest BCUT2D eigenvalue weighted by atomic mass is 10.1. The van der Waals surface area contributed by atoms with Crippen molar-refractivity contribution in [3.8, 4) is 11.3 Å². The standard InChI is InChI=1S/C14H14ClNO2/c1-3-16-9(2)12(14(17)18)8-13(16)10-4-6-11(15)7-5-10/h4-8H,3H2,1-2H3,(H,17,18). The third-order valence-corrected chi connectivity index (χ3v) is 3.31. The molecule has 4 heteroatoms. The van der Waals surface area contributed by atoms with Crippen molar-refractivity contribution in [2.24, 2.45) is 0 Å². The molecule has 3 nitrogen and oxygen atoms in total. The van der Waals surface area contributed by atoms with Gasteiger partial charge in [-0.1, -0.05) is 23.7 Å². The Morgan fingerprint density at radius 2 is 1.94 bits per heavy atom. The van der Waals surface area contributed by atoms with Gasteiger partial charge in [0.15, 0.2) is 0 Å². The van der Waals surface area contributed by atoms with Crippen molar-refractivity contribution in [3.63, 3.8) is 0 Å². The molecule has 1 aromatic heterocycles. The van der Waals surface area contributed by atoms with Crippen LogP contribution in [0.25, 0.3) is 11.3 Å². The highest BCUT2D eigenvalue weighted by Crippen LogP contribution is 2.27. The van der Waals surface area contributed by atoms with Gasteiger partial charge in [-0.25, -0.2) is 4.79 Å². The van der Waals surface area contributed by atoms with Gasteiger partial charge < -0.3 is 9.67 Å². The van der Waals surface area contributed by atoms with Gasteiger partial charge in [-0.15, -0.1) is 0 Å². The zero-order chi connectivity index (χ0) is 13.3. The van der Waals surface area contributed by atoms with Crippen LogP contribution in [0.15, 0.2) is 30.3 Å². The van der Waals surface area contributed by atoms with Gasteiger partial charge >= 0.3 is 5.97 Å². The normalized spacial score (nSPS) is 10.6. The Morgan fingerprint density at radius 1 is 1.33 bits per heavy atom. The molecule has 0 amide bonds. The summed E-state index contributed by atoms with van der Waals surface area (Å²) in [5.74, 6) is -0.894. The topological polar surface area (TPSA) is 42.2 Å². The van der Waals surface area contributed by atoms with Crippen LogP contribution in [0.3, 0.4) is 0 Å². The molecule has 1 heterocycles. The fraction of sp³-hybridized carbons (Fsp3) is 0.214. The summed E-state index contributed by atoms with van der Waals surface area (Å²) in [5.41, 5.74) is 3.00. The molecule has 1 N–H and O–H groups in total. The molecule has 0 aliphatic carbocycles. The van der Waals surface area contributed by atoms with Gasteiger partial charge in [-0.3, -0.25) is 0 Å². The molecule has 0 atom stereocenters. The van der Waals surface area contributed by atoms with E-state index in [0.717, 1.165) is 23.5 Å². The molecule has 2 aromatic rings. The van der Waals surface area contributed by atoms with E-state index in [0.29, 0.717) is 10.6 Å². The Labute approximate surface area is 111 Å². The fourth-order valence-corrected chi connectivity index (χ4v) is 2.25. The van der Waals surface area contributed by atoms with Gasteiger partial charge in [0.25, 0.3) is 0 Å². The number of nitrogens with zero attached hydrogens (tertiary/aromatic N) is 1. The van der Waals surface area contributed by atoms with E-state index >= 15 is 0 Å². The largest absolute Gasteiger partial charge is 0.478 e. The molecule has 0 saturated carbocycles. The lowest BCUT2D eigenvalue weighted by molar-refractivity contribution is 0.0696. The van der Waals surface area contributed by atoms with Gasteiger partial charge in [0.1, 0.15) is 0 Å². The van der Waals surface area contributed by atoms with Gasteiger partial charge in [0.05, 0.1) is 5.56 Å². The van der Waals surface area contributed by atoms with Crippen LogP contribution < -0.4 is 0 Å². The van der Waals surface area contributed by atoms with Gasteiger partial charge in [-0.05, 0) is 37.6 Å². The fourth-order valence-electron chi connectivity index (χ4n) is 2.13. The van der Waals surface area contributed by atoms with E-state index in [4.69, 9.17) is 16.7 Å². The molecule has 0 unspecified atom stereocenters. The Balaban J connectivity index is 2.60. The van der Waals surface area contributed by atoms with E-state index in [-0.39, 0.29) is 0 Å². The highest BCUT2D eigenvalue weighted by atomic mass is 35.5. The molecule has 0 saturated heterocycles. The summed E-state index contributed by atoms with van der Waals surface area (Å²) >= 11 is 5.86. The van der Waals surface area contributed by atoms with Crippen molar-refractivity contribution in [3.05, 3.63) is 46.6 Å². The number of hydrogen-bond donors (Lipinski definition) is 1. The van der Waals surface area contributed by atoms with Crippen molar-refractivity contribution < 1.29 is 9.90 Å². The number of benzene rings is 1. The highest BCUT2D eigenvalue weighted by molar-refractivity contribution is 6.30. The Kier molecular flexibility index (Phi) is 3.43. The maximum absolute atomic E-state index is 11.2. The maximum Gasteiger partial charge on any atom is 0.337 e. The van der Waals surface area contributed by atoms with E-state index in [2.05, 4.69) is 0 Å². The predicted octanol–water partition coefficient (Wildman–Crippen LogP) is 3.84. The van der Waals surface area contributed by atoms with Crippen LogP contribution in [0, 0.1) is 6.92 Å². The first-order chi connectivity index (χ1) is 8.54. The van der Waals surface area contributed by atoms with Crippen LogP contribution in [0.1, 0.15) is 23.0 Å². The van der Waals surface area contributed by atoms with E-state index in [1.54, 1.807) is 18.2 Å². The van der Waals surface area contributed by atoms with Crippen LogP contribution in [0.2, 0.25) is 5.02 Å². The van der Waals surface area contributed by atoms with Gasteiger partial charge in [0, 0.05) is 23.0 Å². The second-order valence-corrected chi connectivity index (χ2v) is 4.52. The number of carboxylic acid groups (broad SMARTS) is 1. The van der Waals surface area contributed by atoms with Gasteiger partial charge in [0.2, 0.25) is 0 Å². The van der Waals surface area contributed by atoms with Crippen molar-refractivity contribution in [1.29, 1.82) is 0 Å². The first-order valence-electron chi connectivity index (χ1n) is 5.74. The summed E-state index contributed by atoms with van der Waals surface area (Å²) < 4.78 is 1.99. The number of carbonyl (C=O) groups is 1. The summed E-state index contributed by atoms with van der Waals surface area (Å²) in [7, 11) is 0. The Hall–Kier alpha value is -1.74. The van der Waals surface area contributed by atoms with Crippen molar-refractivity contribution in [1.82, 2.24) is 4.57 Å². The monoisotopic (exact) mass is 263 g/mol. The molecule has 18 heavy (non-hydrogen) atoms. The zero-order valence-corrected chi connectivity index (χ0v) is 11.0. The molecule has 94 valence electrons. The van der Waals surface area contributed by atoms with Gasteiger partial charge in [-0.2, -0.15) is 0 Å². The quantitative estimate of drug-likeness (QED) is 0.914. The van der Waals surface area contributed by atoms with E-state index < -0.39 is 5.97 Å². The molecule has 0 fully saturated rings. The first-order valence-corrected chi connectivity index (χ1v) is 6.11. The number of aromatic nitrogens is 1. The van der Waals surface area contributed by atoms with Crippen LogP contribution in [-0.4, -0.2) is 15.6 Å². The van der Waals surface area contributed by atoms with Crippen LogP contribution >= 0.6 is 11.6 Å². The second-order valence-electron chi connectivity index (χ2n) is 4.08. The molecule has 0 bridgehead atoms. The lowest BCUT2D eigenvalue weighted by Crippen LogP contribution is -2.02. The molecular weight excluding hydrogens is 250 g/mol.